The zero-order valence-corrected chi connectivity index (χ0v) is 4.30. The lowest BCUT2D eigenvalue weighted by molar-refractivity contribution is -0.138. The van der Waals surface area contributed by atoms with Crippen LogP contribution < -0.4 is 5.73 Å². The van der Waals surface area contributed by atoms with Crippen LogP contribution in [0.25, 0.3) is 0 Å². The van der Waals surface area contributed by atoms with Crippen molar-refractivity contribution in [3.63, 3.8) is 0 Å². The van der Waals surface area contributed by atoms with Crippen molar-refractivity contribution >= 4 is 5.97 Å². The number of alkyl halides is 1. The van der Waals surface area contributed by atoms with Gasteiger partial charge in [0.25, 0.3) is 0 Å². The van der Waals surface area contributed by atoms with Gasteiger partial charge in [0.05, 0.1) is 6.67 Å². The van der Waals surface area contributed by atoms with Crippen LogP contribution in [0.4, 0.5) is 4.39 Å². The number of carboxylic acids is 1. The molecule has 0 spiro atoms. The fourth-order valence-electron chi connectivity index (χ4n) is 0.241. The largest absolute Gasteiger partial charge is 0.480 e. The lowest BCUT2D eigenvalue weighted by atomic mass is 10.2. The molecule has 0 saturated heterocycles. The van der Waals surface area contributed by atoms with Crippen molar-refractivity contribution in [1.82, 2.24) is 0 Å². The second-order valence-electron chi connectivity index (χ2n) is 1.42. The van der Waals surface area contributed by atoms with Gasteiger partial charge in [-0.05, 0) is 0 Å². The molecule has 48 valence electrons. The summed E-state index contributed by atoms with van der Waals surface area (Å²) in [6.45, 7) is -0.673. The minimum absolute atomic E-state index is 0.102. The van der Waals surface area contributed by atoms with E-state index in [2.05, 4.69) is 0 Å². The Morgan fingerprint density at radius 1 is 1.88 bits per heavy atom. The number of rotatable bonds is 3. The van der Waals surface area contributed by atoms with Crippen LogP contribution in [0.3, 0.4) is 0 Å². The third kappa shape index (κ3) is 2.52. The molecule has 3 N–H and O–H groups in total. The van der Waals surface area contributed by atoms with Gasteiger partial charge >= 0.3 is 5.97 Å². The molecular weight excluding hydrogens is 112 g/mol. The van der Waals surface area contributed by atoms with Gasteiger partial charge in [0, 0.05) is 6.42 Å². The van der Waals surface area contributed by atoms with Gasteiger partial charge in [-0.25, -0.2) is 0 Å². The Labute approximate surface area is 46.3 Å². The number of nitrogens with two attached hydrogens (primary N) is 1. The van der Waals surface area contributed by atoms with E-state index < -0.39 is 18.7 Å². The van der Waals surface area contributed by atoms with Crippen molar-refractivity contribution in [3.05, 3.63) is 0 Å². The molecule has 0 aromatic rings. The minimum Gasteiger partial charge on any atom is -0.480 e. The smallest absolute Gasteiger partial charge is 0.320 e. The average Bonchev–Trinajstić information content (AvgIpc) is 1.67. The topological polar surface area (TPSA) is 63.3 Å². The van der Waals surface area contributed by atoms with E-state index >= 15 is 0 Å². The van der Waals surface area contributed by atoms with Crippen molar-refractivity contribution in [2.45, 2.75) is 12.5 Å². The van der Waals surface area contributed by atoms with E-state index in [1.807, 2.05) is 0 Å². The van der Waals surface area contributed by atoms with Crippen LogP contribution in [0.1, 0.15) is 6.42 Å². The Morgan fingerprint density at radius 3 is 2.50 bits per heavy atom. The third-order valence-corrected chi connectivity index (χ3v) is 0.737. The molecule has 0 saturated carbocycles. The van der Waals surface area contributed by atoms with Crippen LogP contribution >= 0.6 is 0 Å². The third-order valence-electron chi connectivity index (χ3n) is 0.737. The first-order valence-corrected chi connectivity index (χ1v) is 2.23. The normalized spacial score (nSPS) is 13.2. The molecular formula is C4H8FNO2. The van der Waals surface area contributed by atoms with Gasteiger partial charge < -0.3 is 10.8 Å². The Hall–Kier alpha value is -0.640. The Balaban J connectivity index is 3.32. The number of halogens is 1. The molecule has 0 bridgehead atoms. The summed E-state index contributed by atoms with van der Waals surface area (Å²) in [4.78, 5) is 9.80. The van der Waals surface area contributed by atoms with Gasteiger partial charge in [0.2, 0.25) is 0 Å². The molecule has 0 rings (SSSR count). The molecule has 4 heteroatoms. The molecule has 0 amide bonds. The summed E-state index contributed by atoms with van der Waals surface area (Å²) in [5.41, 5.74) is 4.89. The van der Waals surface area contributed by atoms with Crippen LogP contribution in [-0.2, 0) is 4.79 Å². The van der Waals surface area contributed by atoms with E-state index in [1.54, 1.807) is 0 Å². The van der Waals surface area contributed by atoms with Crippen LogP contribution in [0, 0.1) is 0 Å². The van der Waals surface area contributed by atoms with Gasteiger partial charge in [0.15, 0.2) is 0 Å². The van der Waals surface area contributed by atoms with E-state index in [1.165, 1.54) is 0 Å². The number of aliphatic carboxylic acids is 1. The van der Waals surface area contributed by atoms with E-state index in [0.717, 1.165) is 0 Å². The summed E-state index contributed by atoms with van der Waals surface area (Å²) < 4.78 is 11.3. The summed E-state index contributed by atoms with van der Waals surface area (Å²) in [7, 11) is 0. The van der Waals surface area contributed by atoms with Crippen molar-refractivity contribution in [2.75, 3.05) is 6.67 Å². The Morgan fingerprint density at radius 2 is 2.38 bits per heavy atom. The molecule has 0 unspecified atom stereocenters. The summed E-state index contributed by atoms with van der Waals surface area (Å²) in [6.07, 6.45) is -0.102. The Bertz CT molecular complexity index is 86.1. The SMILES string of the molecule is N[C@@H](CC[18F])C(=O)O. The molecule has 0 aromatic heterocycles. The highest BCUT2D eigenvalue weighted by atomic mass is 18.2. The zero-order chi connectivity index (χ0) is 6.57. The fraction of sp³-hybridized carbons (Fsp3) is 0.750. The van der Waals surface area contributed by atoms with Gasteiger partial charge in [-0.2, -0.15) is 0 Å². The molecule has 0 aliphatic carbocycles. The highest BCUT2D eigenvalue weighted by Crippen LogP contribution is 1.86. The number of carboxylic acid groups (broad SMARTS) is 1. The molecule has 0 aliphatic rings. The van der Waals surface area contributed by atoms with Gasteiger partial charge in [-0.3, -0.25) is 9.18 Å². The average molecular weight is 120 g/mol. The highest BCUT2D eigenvalue weighted by molar-refractivity contribution is 5.72. The monoisotopic (exact) mass is 120 g/mol. The van der Waals surface area contributed by atoms with Gasteiger partial charge in [-0.15, -0.1) is 0 Å². The zero-order valence-electron chi connectivity index (χ0n) is 4.30. The highest BCUT2D eigenvalue weighted by Gasteiger charge is 2.08. The second-order valence-corrected chi connectivity index (χ2v) is 1.42. The lowest BCUT2D eigenvalue weighted by Crippen LogP contribution is -2.30. The maximum absolute atomic E-state index is 11.3. The van der Waals surface area contributed by atoms with Crippen molar-refractivity contribution in [3.8, 4) is 0 Å². The van der Waals surface area contributed by atoms with Crippen molar-refractivity contribution < 1.29 is 14.3 Å². The van der Waals surface area contributed by atoms with Crippen LogP contribution in [0.15, 0.2) is 0 Å². The van der Waals surface area contributed by atoms with Crippen molar-refractivity contribution in [1.29, 1.82) is 0 Å². The van der Waals surface area contributed by atoms with E-state index in [0.29, 0.717) is 0 Å². The first-order chi connectivity index (χ1) is 3.68. The first-order valence-electron chi connectivity index (χ1n) is 2.23. The minimum atomic E-state index is -1.15. The summed E-state index contributed by atoms with van der Waals surface area (Å²) in [5, 5.41) is 8.02. The number of hydrogen-bond acceptors (Lipinski definition) is 2. The summed E-state index contributed by atoms with van der Waals surface area (Å²) in [6, 6.07) is -1.04. The predicted octanol–water partition coefficient (Wildman–Crippen LogP) is -0.242. The Kier molecular flexibility index (Phi) is 3.10. The van der Waals surface area contributed by atoms with E-state index in [4.69, 9.17) is 10.8 Å². The molecule has 0 radical (unpaired) electrons. The molecule has 0 aliphatic heterocycles. The van der Waals surface area contributed by atoms with E-state index in [-0.39, 0.29) is 6.42 Å². The lowest BCUT2D eigenvalue weighted by Gasteiger charge is -1.99. The molecule has 0 aromatic carbocycles. The van der Waals surface area contributed by atoms with E-state index in [9.17, 15) is 9.18 Å². The molecule has 3 nitrogen and oxygen atoms in total. The standard InChI is InChI=1S/C4H8FNO2/c5-2-1-3(6)4(7)8/h3H,1-2,6H2,(H,7,8)/t3-/m0/s1/i5-1. The predicted molar refractivity (Wildman–Crippen MR) is 26.2 cm³/mol. The summed E-state index contributed by atoms with van der Waals surface area (Å²) >= 11 is 0. The van der Waals surface area contributed by atoms with Crippen molar-refractivity contribution in [2.24, 2.45) is 5.73 Å². The fourth-order valence-corrected chi connectivity index (χ4v) is 0.241. The quantitative estimate of drug-likeness (QED) is 0.540. The van der Waals surface area contributed by atoms with Crippen LogP contribution in [0.5, 0.6) is 0 Å². The van der Waals surface area contributed by atoms with Crippen LogP contribution in [-0.4, -0.2) is 23.8 Å². The molecule has 0 fully saturated rings. The molecule has 8 heavy (non-hydrogen) atoms. The molecule has 0 heterocycles. The summed E-state index contributed by atoms with van der Waals surface area (Å²) in [5.74, 6) is -1.15. The first kappa shape index (κ1) is 7.36. The maximum atomic E-state index is 11.3. The number of carbonyl (C=O) groups is 1. The maximum Gasteiger partial charge on any atom is 0.320 e. The van der Waals surface area contributed by atoms with Gasteiger partial charge in [0.1, 0.15) is 6.04 Å². The molecule has 1 atom stereocenters. The number of hydrogen-bond donors (Lipinski definition) is 2. The second kappa shape index (κ2) is 3.37. The van der Waals surface area contributed by atoms with Gasteiger partial charge in [-0.1, -0.05) is 0 Å². The van der Waals surface area contributed by atoms with Crippen LogP contribution in [0.2, 0.25) is 0 Å².